The Morgan fingerprint density at radius 3 is 2.56 bits per heavy atom. The molecule has 0 atom stereocenters. The lowest BCUT2D eigenvalue weighted by Gasteiger charge is -2.13. The Kier molecular flexibility index (Phi) is 7.24. The fourth-order valence-electron chi connectivity index (χ4n) is 3.08. The Bertz CT molecular complexity index is 1210. The number of carbonyl (C=O) groups excluding carboxylic acids is 1. The lowest BCUT2D eigenvalue weighted by atomic mass is 10.1. The number of hydrogen-bond donors (Lipinski definition) is 1. The Morgan fingerprint density at radius 1 is 1.12 bits per heavy atom. The number of aryl methyl sites for hydroxylation is 1. The summed E-state index contributed by atoms with van der Waals surface area (Å²) in [6.45, 7) is 3.73. The van der Waals surface area contributed by atoms with E-state index in [4.69, 9.17) is 9.47 Å². The number of nitrogens with zero attached hydrogens (tertiary/aromatic N) is 3. The maximum atomic E-state index is 12.4. The number of aromatic nitrogens is 2. The van der Waals surface area contributed by atoms with Crippen molar-refractivity contribution in [2.75, 3.05) is 7.11 Å². The van der Waals surface area contributed by atoms with Gasteiger partial charge in [-0.05, 0) is 42.7 Å². The summed E-state index contributed by atoms with van der Waals surface area (Å²) in [6, 6.07) is 17.1. The van der Waals surface area contributed by atoms with Crippen LogP contribution in [0, 0.1) is 25.2 Å². The van der Waals surface area contributed by atoms with E-state index in [-0.39, 0.29) is 18.7 Å². The van der Waals surface area contributed by atoms with Gasteiger partial charge in [0.1, 0.15) is 24.8 Å². The minimum Gasteiger partial charge on any atom is -0.493 e. The first kappa shape index (κ1) is 22.6. The van der Waals surface area contributed by atoms with Gasteiger partial charge in [0, 0.05) is 6.54 Å². The lowest BCUT2D eigenvalue weighted by Crippen LogP contribution is -2.35. The minimum absolute atomic E-state index is 0.00104. The third kappa shape index (κ3) is 5.32. The van der Waals surface area contributed by atoms with Crippen LogP contribution in [0.1, 0.15) is 27.9 Å². The highest BCUT2D eigenvalue weighted by Crippen LogP contribution is 2.28. The molecule has 0 saturated carbocycles. The molecule has 1 aromatic heterocycles. The first-order chi connectivity index (χ1) is 15.4. The molecule has 0 aliphatic heterocycles. The van der Waals surface area contributed by atoms with Gasteiger partial charge in [0.2, 0.25) is 5.91 Å². The number of methoxy groups -OCH3 is 1. The van der Waals surface area contributed by atoms with Crippen molar-refractivity contribution in [3.05, 3.63) is 86.8 Å². The van der Waals surface area contributed by atoms with Crippen molar-refractivity contribution in [1.82, 2.24) is 15.1 Å². The molecule has 3 rings (SSSR count). The number of ether oxygens (including phenoxy) is 2. The van der Waals surface area contributed by atoms with Crippen molar-refractivity contribution >= 4 is 5.91 Å². The van der Waals surface area contributed by atoms with Gasteiger partial charge in [0.05, 0.1) is 12.8 Å². The molecule has 164 valence electrons. The molecule has 2 aromatic carbocycles. The molecule has 0 fully saturated rings. The highest BCUT2D eigenvalue weighted by atomic mass is 16.5. The molecule has 0 aliphatic carbocycles. The van der Waals surface area contributed by atoms with E-state index in [0.717, 1.165) is 15.8 Å². The highest BCUT2D eigenvalue weighted by Gasteiger charge is 2.14. The number of rotatable bonds is 8. The SMILES string of the molecule is COc1cc(CNC(=O)Cn2nc(C)c(C)c(C#N)c2=O)ccc1OCc1ccccc1. The molecule has 1 amide bonds. The van der Waals surface area contributed by atoms with Gasteiger partial charge in [-0.2, -0.15) is 10.4 Å². The third-order valence-electron chi connectivity index (χ3n) is 5.00. The zero-order chi connectivity index (χ0) is 23.1. The van der Waals surface area contributed by atoms with Gasteiger partial charge in [0.25, 0.3) is 5.56 Å². The molecule has 0 spiro atoms. The van der Waals surface area contributed by atoms with Crippen LogP contribution in [0.3, 0.4) is 0 Å². The molecule has 0 saturated heterocycles. The van der Waals surface area contributed by atoms with E-state index in [9.17, 15) is 14.9 Å². The largest absolute Gasteiger partial charge is 0.493 e. The van der Waals surface area contributed by atoms with Crippen molar-refractivity contribution in [2.45, 2.75) is 33.5 Å². The lowest BCUT2D eigenvalue weighted by molar-refractivity contribution is -0.122. The number of nitrogens with one attached hydrogen (secondary N) is 1. The van der Waals surface area contributed by atoms with Crippen molar-refractivity contribution in [2.24, 2.45) is 0 Å². The number of carbonyl (C=O) groups is 1. The summed E-state index contributed by atoms with van der Waals surface area (Å²) in [7, 11) is 1.55. The van der Waals surface area contributed by atoms with E-state index >= 15 is 0 Å². The van der Waals surface area contributed by atoms with Gasteiger partial charge in [-0.1, -0.05) is 36.4 Å². The van der Waals surface area contributed by atoms with E-state index in [2.05, 4.69) is 10.4 Å². The molecule has 1 N–H and O–H groups in total. The fourth-order valence-corrected chi connectivity index (χ4v) is 3.08. The predicted octanol–water partition coefficient (Wildman–Crippen LogP) is 2.64. The van der Waals surface area contributed by atoms with Crippen molar-refractivity contribution < 1.29 is 14.3 Å². The zero-order valence-electron chi connectivity index (χ0n) is 18.2. The summed E-state index contributed by atoms with van der Waals surface area (Å²) < 4.78 is 12.3. The first-order valence-corrected chi connectivity index (χ1v) is 10.0. The van der Waals surface area contributed by atoms with E-state index in [1.807, 2.05) is 42.5 Å². The molecule has 0 aliphatic rings. The van der Waals surface area contributed by atoms with Crippen LogP contribution < -0.4 is 20.3 Å². The topological polar surface area (TPSA) is 106 Å². The van der Waals surface area contributed by atoms with Crippen molar-refractivity contribution in [3.63, 3.8) is 0 Å². The number of amides is 1. The molecule has 0 unspecified atom stereocenters. The second kappa shape index (κ2) is 10.3. The first-order valence-electron chi connectivity index (χ1n) is 10.0. The highest BCUT2D eigenvalue weighted by molar-refractivity contribution is 5.75. The molecule has 3 aromatic rings. The summed E-state index contributed by atoms with van der Waals surface area (Å²) in [6.07, 6.45) is 0. The maximum Gasteiger partial charge on any atom is 0.285 e. The van der Waals surface area contributed by atoms with E-state index < -0.39 is 11.5 Å². The average molecular weight is 432 g/mol. The van der Waals surface area contributed by atoms with Gasteiger partial charge < -0.3 is 14.8 Å². The Balaban J connectivity index is 1.63. The molecule has 32 heavy (non-hydrogen) atoms. The second-order valence-electron chi connectivity index (χ2n) is 7.20. The maximum absolute atomic E-state index is 12.4. The summed E-state index contributed by atoms with van der Waals surface area (Å²) in [4.78, 5) is 24.7. The molecule has 0 radical (unpaired) electrons. The summed E-state index contributed by atoms with van der Waals surface area (Å²) >= 11 is 0. The van der Waals surface area contributed by atoms with Crippen LogP contribution in [-0.2, 0) is 24.5 Å². The van der Waals surface area contributed by atoms with Crippen molar-refractivity contribution in [3.8, 4) is 17.6 Å². The molecule has 1 heterocycles. The average Bonchev–Trinajstić information content (AvgIpc) is 2.81. The quantitative estimate of drug-likeness (QED) is 0.587. The van der Waals surface area contributed by atoms with Gasteiger partial charge in [0.15, 0.2) is 11.5 Å². The number of hydrogen-bond acceptors (Lipinski definition) is 6. The normalized spacial score (nSPS) is 10.3. The second-order valence-corrected chi connectivity index (χ2v) is 7.20. The van der Waals surface area contributed by atoms with Crippen LogP contribution >= 0.6 is 0 Å². The minimum atomic E-state index is -0.577. The van der Waals surface area contributed by atoms with Crippen LogP contribution in [0.2, 0.25) is 0 Å². The van der Waals surface area contributed by atoms with E-state index in [1.54, 1.807) is 33.1 Å². The third-order valence-corrected chi connectivity index (χ3v) is 5.00. The van der Waals surface area contributed by atoms with Crippen molar-refractivity contribution in [1.29, 1.82) is 5.26 Å². The Morgan fingerprint density at radius 2 is 1.88 bits per heavy atom. The van der Waals surface area contributed by atoms with E-state index in [1.165, 1.54) is 0 Å². The predicted molar refractivity (Wildman–Crippen MR) is 118 cm³/mol. The van der Waals surface area contributed by atoms with Crippen LogP contribution in [0.25, 0.3) is 0 Å². The van der Waals surface area contributed by atoms with Crippen LogP contribution in [0.5, 0.6) is 11.5 Å². The van der Waals surface area contributed by atoms with E-state index in [0.29, 0.717) is 29.4 Å². The fraction of sp³-hybridized carbons (Fsp3) is 0.250. The van der Waals surface area contributed by atoms with Crippen LogP contribution in [-0.4, -0.2) is 22.8 Å². The number of benzene rings is 2. The summed E-state index contributed by atoms with van der Waals surface area (Å²) in [5, 5.41) is 16.1. The molecule has 8 heteroatoms. The van der Waals surface area contributed by atoms with Gasteiger partial charge in [-0.3, -0.25) is 9.59 Å². The Hall–Kier alpha value is -4.12. The van der Waals surface area contributed by atoms with Crippen LogP contribution in [0.4, 0.5) is 0 Å². The molecule has 0 bridgehead atoms. The monoisotopic (exact) mass is 432 g/mol. The zero-order valence-corrected chi connectivity index (χ0v) is 18.2. The van der Waals surface area contributed by atoms with Gasteiger partial charge in [-0.25, -0.2) is 4.68 Å². The molecular formula is C24H24N4O4. The van der Waals surface area contributed by atoms with Gasteiger partial charge >= 0.3 is 0 Å². The summed E-state index contributed by atoms with van der Waals surface area (Å²) in [5.74, 6) is 0.759. The Labute approximate surface area is 186 Å². The molecular weight excluding hydrogens is 408 g/mol. The summed E-state index contributed by atoms with van der Waals surface area (Å²) in [5.41, 5.74) is 2.33. The number of nitriles is 1. The standard InChI is InChI=1S/C24H24N4O4/c1-16-17(2)27-28(24(30)20(16)12-25)14-23(29)26-13-19-9-10-21(22(11-19)31-3)32-15-18-7-5-4-6-8-18/h4-11H,13-15H2,1-3H3,(H,26,29). The molecule has 8 nitrogen and oxygen atoms in total. The van der Waals surface area contributed by atoms with Crippen LogP contribution in [0.15, 0.2) is 53.3 Å². The van der Waals surface area contributed by atoms with Gasteiger partial charge in [-0.15, -0.1) is 0 Å². The smallest absolute Gasteiger partial charge is 0.285 e.